The second-order valence-corrected chi connectivity index (χ2v) is 4.51. The molecule has 0 bridgehead atoms. The maximum Gasteiger partial charge on any atom is 0.240 e. The minimum absolute atomic E-state index is 0.0337. The fourth-order valence-corrected chi connectivity index (χ4v) is 1.94. The van der Waals surface area contributed by atoms with Crippen molar-refractivity contribution < 1.29 is 4.79 Å². The first kappa shape index (κ1) is 13.7. The molecule has 0 aliphatic carbocycles. The van der Waals surface area contributed by atoms with Gasteiger partial charge in [0.15, 0.2) is 0 Å². The van der Waals surface area contributed by atoms with Gasteiger partial charge in [0, 0.05) is 12.6 Å². The molecular formula is C14H22N2O. The molecule has 0 saturated carbocycles. The summed E-state index contributed by atoms with van der Waals surface area (Å²) in [5.74, 6) is 0.0337. The Bertz CT molecular complexity index is 348. The van der Waals surface area contributed by atoms with Crippen LogP contribution in [0.15, 0.2) is 30.3 Å². The predicted molar refractivity (Wildman–Crippen MR) is 70.6 cm³/mol. The van der Waals surface area contributed by atoms with Gasteiger partial charge in [-0.1, -0.05) is 30.3 Å². The third-order valence-corrected chi connectivity index (χ3v) is 2.86. The number of nitrogens with two attached hydrogens (primary N) is 1. The van der Waals surface area contributed by atoms with Crippen LogP contribution in [0.5, 0.6) is 0 Å². The zero-order valence-corrected chi connectivity index (χ0v) is 10.9. The van der Waals surface area contributed by atoms with Gasteiger partial charge in [0.25, 0.3) is 0 Å². The normalized spacial score (nSPS) is 12.5. The molecule has 0 aliphatic rings. The van der Waals surface area contributed by atoms with E-state index in [1.165, 1.54) is 0 Å². The fraction of sp³-hybridized carbons (Fsp3) is 0.500. The number of carbonyl (C=O) groups excluding carboxylic acids is 1. The van der Waals surface area contributed by atoms with Crippen LogP contribution in [0.4, 0.5) is 0 Å². The summed E-state index contributed by atoms with van der Waals surface area (Å²) in [4.78, 5) is 13.9. The largest absolute Gasteiger partial charge is 0.339 e. The molecule has 0 saturated heterocycles. The first-order chi connectivity index (χ1) is 8.06. The molecule has 0 aliphatic heterocycles. The Morgan fingerprint density at radius 2 is 1.88 bits per heavy atom. The number of benzene rings is 1. The van der Waals surface area contributed by atoms with Gasteiger partial charge in [-0.25, -0.2) is 0 Å². The van der Waals surface area contributed by atoms with Gasteiger partial charge in [-0.2, -0.15) is 0 Å². The van der Waals surface area contributed by atoms with Gasteiger partial charge in [-0.05, 0) is 32.8 Å². The Morgan fingerprint density at radius 3 is 2.35 bits per heavy atom. The second kappa shape index (κ2) is 6.40. The number of hydrogen-bond acceptors (Lipinski definition) is 2. The molecule has 3 heteroatoms. The lowest BCUT2D eigenvalue weighted by Crippen LogP contribution is -2.47. The van der Waals surface area contributed by atoms with Crippen LogP contribution >= 0.6 is 0 Å². The van der Waals surface area contributed by atoms with Crippen molar-refractivity contribution in [3.05, 3.63) is 35.9 Å². The van der Waals surface area contributed by atoms with E-state index in [2.05, 4.69) is 0 Å². The molecule has 0 radical (unpaired) electrons. The molecule has 2 N–H and O–H groups in total. The Balaban J connectivity index is 2.64. The Morgan fingerprint density at radius 1 is 1.29 bits per heavy atom. The highest BCUT2D eigenvalue weighted by atomic mass is 16.2. The van der Waals surface area contributed by atoms with Crippen molar-refractivity contribution in [2.75, 3.05) is 6.54 Å². The number of hydrogen-bond donors (Lipinski definition) is 1. The maximum atomic E-state index is 12.1. The summed E-state index contributed by atoms with van der Waals surface area (Å²) >= 11 is 0. The molecular weight excluding hydrogens is 212 g/mol. The van der Waals surface area contributed by atoms with Gasteiger partial charge < -0.3 is 10.6 Å². The summed E-state index contributed by atoms with van der Waals surface area (Å²) in [6, 6.07) is 9.65. The summed E-state index contributed by atoms with van der Waals surface area (Å²) in [6.45, 7) is 6.71. The van der Waals surface area contributed by atoms with E-state index in [1.54, 1.807) is 0 Å². The highest BCUT2D eigenvalue weighted by Gasteiger charge is 2.21. The van der Waals surface area contributed by atoms with Crippen molar-refractivity contribution in [1.29, 1.82) is 0 Å². The number of rotatable bonds is 5. The van der Waals surface area contributed by atoms with Crippen molar-refractivity contribution >= 4 is 5.91 Å². The van der Waals surface area contributed by atoms with E-state index in [4.69, 9.17) is 5.73 Å². The predicted octanol–water partition coefficient (Wildman–Crippen LogP) is 1.81. The smallest absolute Gasteiger partial charge is 0.240 e. The Labute approximate surface area is 104 Å². The molecule has 3 nitrogen and oxygen atoms in total. The molecule has 0 unspecified atom stereocenters. The molecule has 1 atom stereocenters. The van der Waals surface area contributed by atoms with Gasteiger partial charge in [0.2, 0.25) is 5.91 Å². The van der Waals surface area contributed by atoms with Crippen LogP contribution in [0.25, 0.3) is 0 Å². The van der Waals surface area contributed by atoms with E-state index in [-0.39, 0.29) is 11.9 Å². The van der Waals surface area contributed by atoms with E-state index in [0.717, 1.165) is 5.56 Å². The van der Waals surface area contributed by atoms with Crippen molar-refractivity contribution in [1.82, 2.24) is 4.90 Å². The van der Waals surface area contributed by atoms with Crippen molar-refractivity contribution in [2.24, 2.45) is 5.73 Å². The fourth-order valence-electron chi connectivity index (χ4n) is 1.94. The molecule has 1 aromatic rings. The van der Waals surface area contributed by atoms with Crippen molar-refractivity contribution in [3.63, 3.8) is 0 Å². The SMILES string of the molecule is CCN(C(=O)[C@@H](N)Cc1ccccc1)C(C)C. The molecule has 94 valence electrons. The summed E-state index contributed by atoms with van der Waals surface area (Å²) in [6.07, 6.45) is 0.600. The number of nitrogens with zero attached hydrogens (tertiary/aromatic N) is 1. The van der Waals surface area contributed by atoms with Gasteiger partial charge in [0.05, 0.1) is 6.04 Å². The third kappa shape index (κ3) is 3.86. The van der Waals surface area contributed by atoms with Gasteiger partial charge in [-0.3, -0.25) is 4.79 Å². The van der Waals surface area contributed by atoms with E-state index >= 15 is 0 Å². The number of carbonyl (C=O) groups is 1. The topological polar surface area (TPSA) is 46.3 Å². The lowest BCUT2D eigenvalue weighted by atomic mass is 10.1. The lowest BCUT2D eigenvalue weighted by molar-refractivity contribution is -0.134. The zero-order valence-electron chi connectivity index (χ0n) is 10.9. The highest BCUT2D eigenvalue weighted by Crippen LogP contribution is 2.06. The van der Waals surface area contributed by atoms with Crippen LogP contribution in [-0.4, -0.2) is 29.4 Å². The van der Waals surface area contributed by atoms with Crippen LogP contribution in [0.3, 0.4) is 0 Å². The van der Waals surface area contributed by atoms with E-state index in [0.29, 0.717) is 13.0 Å². The average molecular weight is 234 g/mol. The first-order valence-corrected chi connectivity index (χ1v) is 6.16. The molecule has 0 heterocycles. The van der Waals surface area contributed by atoms with Crippen LogP contribution in [0, 0.1) is 0 Å². The summed E-state index contributed by atoms with van der Waals surface area (Å²) < 4.78 is 0. The molecule has 1 rings (SSSR count). The minimum Gasteiger partial charge on any atom is -0.339 e. The molecule has 0 aromatic heterocycles. The summed E-state index contributed by atoms with van der Waals surface area (Å²) in [5, 5.41) is 0. The van der Waals surface area contributed by atoms with Crippen LogP contribution < -0.4 is 5.73 Å². The number of amides is 1. The van der Waals surface area contributed by atoms with E-state index in [9.17, 15) is 4.79 Å². The summed E-state index contributed by atoms with van der Waals surface area (Å²) in [7, 11) is 0. The minimum atomic E-state index is -0.445. The van der Waals surface area contributed by atoms with Crippen LogP contribution in [-0.2, 0) is 11.2 Å². The second-order valence-electron chi connectivity index (χ2n) is 4.51. The molecule has 0 spiro atoms. The Hall–Kier alpha value is -1.35. The number of likely N-dealkylation sites (N-methyl/N-ethyl adjacent to an activating group) is 1. The van der Waals surface area contributed by atoms with Gasteiger partial charge in [-0.15, -0.1) is 0 Å². The maximum absolute atomic E-state index is 12.1. The van der Waals surface area contributed by atoms with E-state index < -0.39 is 6.04 Å². The third-order valence-electron chi connectivity index (χ3n) is 2.86. The monoisotopic (exact) mass is 234 g/mol. The van der Waals surface area contributed by atoms with Crippen molar-refractivity contribution in [3.8, 4) is 0 Å². The highest BCUT2D eigenvalue weighted by molar-refractivity contribution is 5.82. The van der Waals surface area contributed by atoms with Gasteiger partial charge >= 0.3 is 0 Å². The quantitative estimate of drug-likeness (QED) is 0.844. The molecule has 1 amide bonds. The molecule has 0 fully saturated rings. The lowest BCUT2D eigenvalue weighted by Gasteiger charge is -2.28. The molecule has 1 aromatic carbocycles. The summed E-state index contributed by atoms with van der Waals surface area (Å²) in [5.41, 5.74) is 7.08. The molecule has 17 heavy (non-hydrogen) atoms. The van der Waals surface area contributed by atoms with Gasteiger partial charge in [0.1, 0.15) is 0 Å². The Kier molecular flexibility index (Phi) is 5.16. The zero-order chi connectivity index (χ0) is 12.8. The van der Waals surface area contributed by atoms with Crippen molar-refractivity contribution in [2.45, 2.75) is 39.3 Å². The average Bonchev–Trinajstić information content (AvgIpc) is 2.30. The first-order valence-electron chi connectivity index (χ1n) is 6.16. The standard InChI is InChI=1S/C14H22N2O/c1-4-16(11(2)3)14(17)13(15)10-12-8-6-5-7-9-12/h5-9,11,13H,4,10,15H2,1-3H3/t13-/m0/s1. The van der Waals surface area contributed by atoms with Crippen LogP contribution in [0.1, 0.15) is 26.3 Å². The van der Waals surface area contributed by atoms with Crippen LogP contribution in [0.2, 0.25) is 0 Å². The van der Waals surface area contributed by atoms with E-state index in [1.807, 2.05) is 56.0 Å².